The van der Waals surface area contributed by atoms with Crippen molar-refractivity contribution in [2.75, 3.05) is 13.2 Å². The molecular weight excluding hydrogens is 390 g/mol. The van der Waals surface area contributed by atoms with Gasteiger partial charge in [0.2, 0.25) is 0 Å². The summed E-state index contributed by atoms with van der Waals surface area (Å²) in [6.07, 6.45) is 1.69. The van der Waals surface area contributed by atoms with Crippen molar-refractivity contribution in [1.82, 2.24) is 4.90 Å². The third kappa shape index (κ3) is 4.98. The van der Waals surface area contributed by atoms with E-state index in [0.29, 0.717) is 30.4 Å². The Bertz CT molecular complexity index is 992. The molecule has 0 aliphatic carbocycles. The molecule has 1 saturated heterocycles. The number of aliphatic hydroxyl groups excluding tert-OH is 1. The van der Waals surface area contributed by atoms with Gasteiger partial charge in [-0.25, -0.2) is 0 Å². The second-order valence-electron chi connectivity index (χ2n) is 8.49. The standard InChI is InChI=1S/C26H31NO4/c1-5-6-13-27-23(19-10-7-9-18(4)14-19)22(25(29)26(27)30)24(28)20-11-8-12-21(15-20)31-16-17(2)3/h7-12,14-15,17,23,28H,5-6,13,16H2,1-4H3/b24-22-. The summed E-state index contributed by atoms with van der Waals surface area (Å²) in [5, 5.41) is 11.2. The van der Waals surface area contributed by atoms with Gasteiger partial charge in [-0.1, -0.05) is 69.2 Å². The molecule has 0 spiro atoms. The number of likely N-dealkylation sites (tertiary alicyclic amines) is 1. The maximum absolute atomic E-state index is 13.0. The van der Waals surface area contributed by atoms with Crippen molar-refractivity contribution in [3.8, 4) is 5.75 Å². The van der Waals surface area contributed by atoms with Crippen LogP contribution in [-0.2, 0) is 9.59 Å². The van der Waals surface area contributed by atoms with Gasteiger partial charge < -0.3 is 14.7 Å². The first-order chi connectivity index (χ1) is 14.8. The number of benzene rings is 2. The number of amides is 1. The Labute approximate surface area is 184 Å². The number of aryl methyl sites for hydroxylation is 1. The molecule has 0 radical (unpaired) electrons. The maximum Gasteiger partial charge on any atom is 0.295 e. The van der Waals surface area contributed by atoms with Crippen LogP contribution >= 0.6 is 0 Å². The predicted octanol–water partition coefficient (Wildman–Crippen LogP) is 5.25. The van der Waals surface area contributed by atoms with Crippen molar-refractivity contribution in [1.29, 1.82) is 0 Å². The summed E-state index contributed by atoms with van der Waals surface area (Å²) in [6.45, 7) is 9.15. The molecule has 3 rings (SSSR count). The molecule has 1 aliphatic rings. The number of carbonyl (C=O) groups excluding carboxylic acids is 2. The Kier molecular flexibility index (Phi) is 7.16. The molecule has 5 nitrogen and oxygen atoms in total. The van der Waals surface area contributed by atoms with Gasteiger partial charge in [0.15, 0.2) is 0 Å². The number of hydrogen-bond donors (Lipinski definition) is 1. The molecule has 2 aromatic rings. The van der Waals surface area contributed by atoms with E-state index in [0.717, 1.165) is 24.0 Å². The molecule has 2 aromatic carbocycles. The molecular formula is C26H31NO4. The van der Waals surface area contributed by atoms with E-state index >= 15 is 0 Å². The molecule has 1 atom stereocenters. The molecule has 0 bridgehead atoms. The van der Waals surface area contributed by atoms with E-state index < -0.39 is 17.7 Å². The summed E-state index contributed by atoms with van der Waals surface area (Å²) >= 11 is 0. The summed E-state index contributed by atoms with van der Waals surface area (Å²) in [5.41, 5.74) is 2.45. The average molecular weight is 422 g/mol. The van der Waals surface area contributed by atoms with Crippen LogP contribution in [0.5, 0.6) is 5.75 Å². The van der Waals surface area contributed by atoms with Gasteiger partial charge in [-0.2, -0.15) is 0 Å². The van der Waals surface area contributed by atoms with Crippen molar-refractivity contribution in [3.05, 3.63) is 70.8 Å². The van der Waals surface area contributed by atoms with Gasteiger partial charge in [0, 0.05) is 12.1 Å². The number of Topliss-reactive ketones (excluding diaryl/α,β-unsaturated/α-hetero) is 1. The minimum atomic E-state index is -0.645. The van der Waals surface area contributed by atoms with Gasteiger partial charge in [0.05, 0.1) is 18.2 Å². The monoisotopic (exact) mass is 421 g/mol. The van der Waals surface area contributed by atoms with Crippen LogP contribution in [-0.4, -0.2) is 34.8 Å². The summed E-state index contributed by atoms with van der Waals surface area (Å²) in [4.78, 5) is 27.5. The molecule has 0 aromatic heterocycles. The van der Waals surface area contributed by atoms with Crippen molar-refractivity contribution >= 4 is 17.4 Å². The van der Waals surface area contributed by atoms with Gasteiger partial charge in [-0.05, 0) is 37.0 Å². The normalized spacial score (nSPS) is 18.1. The zero-order chi connectivity index (χ0) is 22.5. The number of rotatable bonds is 8. The average Bonchev–Trinajstić information content (AvgIpc) is 3.00. The SMILES string of the molecule is CCCCN1C(=O)C(=O)/C(=C(\O)c2cccc(OCC(C)C)c2)C1c1cccc(C)c1. The van der Waals surface area contributed by atoms with Crippen LogP contribution in [0.15, 0.2) is 54.1 Å². The van der Waals surface area contributed by atoms with Gasteiger partial charge in [-0.3, -0.25) is 9.59 Å². The summed E-state index contributed by atoms with van der Waals surface area (Å²) in [5.74, 6) is -0.395. The zero-order valence-electron chi connectivity index (χ0n) is 18.7. The van der Waals surface area contributed by atoms with Crippen LogP contribution in [0, 0.1) is 12.8 Å². The molecule has 31 heavy (non-hydrogen) atoms. The molecule has 1 unspecified atom stereocenters. The lowest BCUT2D eigenvalue weighted by Gasteiger charge is -2.25. The van der Waals surface area contributed by atoms with Gasteiger partial charge in [0.1, 0.15) is 11.5 Å². The topological polar surface area (TPSA) is 66.8 Å². The van der Waals surface area contributed by atoms with E-state index in [-0.39, 0.29) is 11.3 Å². The van der Waals surface area contributed by atoms with Crippen LogP contribution in [0.1, 0.15) is 56.3 Å². The van der Waals surface area contributed by atoms with Crippen LogP contribution in [0.3, 0.4) is 0 Å². The van der Waals surface area contributed by atoms with E-state index in [2.05, 4.69) is 13.8 Å². The highest BCUT2D eigenvalue weighted by atomic mass is 16.5. The quantitative estimate of drug-likeness (QED) is 0.359. The third-order valence-electron chi connectivity index (χ3n) is 5.34. The molecule has 1 fully saturated rings. The Morgan fingerprint density at radius 2 is 1.87 bits per heavy atom. The number of hydrogen-bond acceptors (Lipinski definition) is 4. The van der Waals surface area contributed by atoms with Crippen LogP contribution in [0.25, 0.3) is 5.76 Å². The first kappa shape index (κ1) is 22.6. The fourth-order valence-corrected chi connectivity index (χ4v) is 3.78. The van der Waals surface area contributed by atoms with E-state index in [4.69, 9.17) is 4.74 Å². The lowest BCUT2D eigenvalue weighted by atomic mass is 9.94. The smallest absolute Gasteiger partial charge is 0.295 e. The highest BCUT2D eigenvalue weighted by Gasteiger charge is 2.45. The molecule has 1 amide bonds. The predicted molar refractivity (Wildman–Crippen MR) is 122 cm³/mol. The number of nitrogens with zero attached hydrogens (tertiary/aromatic N) is 1. The minimum absolute atomic E-state index is 0.132. The van der Waals surface area contributed by atoms with E-state index in [1.54, 1.807) is 23.1 Å². The highest BCUT2D eigenvalue weighted by Crippen LogP contribution is 2.40. The van der Waals surface area contributed by atoms with Crippen LogP contribution < -0.4 is 4.74 Å². The number of ether oxygens (including phenoxy) is 1. The summed E-state index contributed by atoms with van der Waals surface area (Å²) in [6, 6.07) is 14.2. The Morgan fingerprint density at radius 1 is 1.13 bits per heavy atom. The second kappa shape index (κ2) is 9.82. The largest absolute Gasteiger partial charge is 0.507 e. The number of carbonyl (C=O) groups is 2. The molecule has 1 heterocycles. The molecule has 1 aliphatic heterocycles. The number of aliphatic hydroxyl groups is 1. The first-order valence-corrected chi connectivity index (χ1v) is 10.9. The first-order valence-electron chi connectivity index (χ1n) is 10.9. The number of unbranched alkanes of at least 4 members (excludes halogenated alkanes) is 1. The second-order valence-corrected chi connectivity index (χ2v) is 8.49. The van der Waals surface area contributed by atoms with Crippen molar-refractivity contribution in [3.63, 3.8) is 0 Å². The van der Waals surface area contributed by atoms with Gasteiger partial charge in [0.25, 0.3) is 11.7 Å². The van der Waals surface area contributed by atoms with Crippen molar-refractivity contribution in [2.24, 2.45) is 5.92 Å². The fraction of sp³-hybridized carbons (Fsp3) is 0.385. The van der Waals surface area contributed by atoms with Gasteiger partial charge >= 0.3 is 0 Å². The summed E-state index contributed by atoms with van der Waals surface area (Å²) < 4.78 is 5.77. The van der Waals surface area contributed by atoms with Gasteiger partial charge in [-0.15, -0.1) is 0 Å². The van der Waals surface area contributed by atoms with E-state index in [1.165, 1.54) is 0 Å². The van der Waals surface area contributed by atoms with Crippen molar-refractivity contribution < 1.29 is 19.4 Å². The highest BCUT2D eigenvalue weighted by molar-refractivity contribution is 6.46. The third-order valence-corrected chi connectivity index (χ3v) is 5.34. The fourth-order valence-electron chi connectivity index (χ4n) is 3.78. The molecule has 0 saturated carbocycles. The Hall–Kier alpha value is -3.08. The minimum Gasteiger partial charge on any atom is -0.507 e. The molecule has 164 valence electrons. The zero-order valence-corrected chi connectivity index (χ0v) is 18.7. The van der Waals surface area contributed by atoms with Crippen LogP contribution in [0.4, 0.5) is 0 Å². The van der Waals surface area contributed by atoms with E-state index in [1.807, 2.05) is 44.2 Å². The van der Waals surface area contributed by atoms with Crippen molar-refractivity contribution in [2.45, 2.75) is 46.6 Å². The Morgan fingerprint density at radius 3 is 2.55 bits per heavy atom. The maximum atomic E-state index is 13.0. The molecule has 1 N–H and O–H groups in total. The van der Waals surface area contributed by atoms with E-state index in [9.17, 15) is 14.7 Å². The van der Waals surface area contributed by atoms with Crippen LogP contribution in [0.2, 0.25) is 0 Å². The lowest BCUT2D eigenvalue weighted by molar-refractivity contribution is -0.139. The summed E-state index contributed by atoms with van der Waals surface area (Å²) in [7, 11) is 0. The number of ketones is 1. The molecule has 5 heteroatoms. The lowest BCUT2D eigenvalue weighted by Crippen LogP contribution is -2.30. The Balaban J connectivity index is 2.09.